The zero-order valence-corrected chi connectivity index (χ0v) is 11.4. The number of hydrogen-bond acceptors (Lipinski definition) is 2. The van der Waals surface area contributed by atoms with E-state index in [1.54, 1.807) is 6.07 Å². The predicted molar refractivity (Wildman–Crippen MR) is 78.5 cm³/mol. The Morgan fingerprint density at radius 2 is 1.73 bits per heavy atom. The van der Waals surface area contributed by atoms with Gasteiger partial charge in [-0.05, 0) is 30.3 Å². The molecule has 0 aliphatic heterocycles. The minimum Gasteiger partial charge on any atom is -0.329 e. The van der Waals surface area contributed by atoms with Crippen molar-refractivity contribution in [1.82, 2.24) is 5.32 Å². The zero-order valence-electron chi connectivity index (χ0n) is 11.4. The Labute approximate surface area is 125 Å². The van der Waals surface area contributed by atoms with Gasteiger partial charge in [0.15, 0.2) is 0 Å². The molecule has 0 atom stereocenters. The van der Waals surface area contributed by atoms with Gasteiger partial charge in [0.25, 0.3) is 0 Å². The van der Waals surface area contributed by atoms with E-state index in [9.17, 15) is 18.4 Å². The standard InChI is InChI=1S/C15H13F2N3O2/c16-10-4-3-5-11(8-10)19-14(21)9-18-15(22)20-13-7-2-1-6-12(13)17/h1-8H,9H2,(H,19,21)(H2,18,20,22). The number of benzene rings is 2. The molecular formula is C15H13F2N3O2. The number of urea groups is 1. The Balaban J connectivity index is 1.81. The van der Waals surface area contributed by atoms with E-state index in [1.807, 2.05) is 0 Å². The Hall–Kier alpha value is -2.96. The number of rotatable bonds is 4. The van der Waals surface area contributed by atoms with Gasteiger partial charge in [-0.3, -0.25) is 4.79 Å². The third-order valence-electron chi connectivity index (χ3n) is 2.64. The summed E-state index contributed by atoms with van der Waals surface area (Å²) in [6.07, 6.45) is 0. The Morgan fingerprint density at radius 3 is 2.45 bits per heavy atom. The molecule has 114 valence electrons. The van der Waals surface area contributed by atoms with Crippen molar-refractivity contribution in [2.45, 2.75) is 0 Å². The molecule has 2 rings (SSSR count). The molecule has 0 aliphatic carbocycles. The smallest absolute Gasteiger partial charge is 0.319 e. The molecule has 7 heteroatoms. The first kappa shape index (κ1) is 15.4. The van der Waals surface area contributed by atoms with E-state index in [1.165, 1.54) is 36.4 Å². The van der Waals surface area contributed by atoms with Crippen LogP contribution in [0.2, 0.25) is 0 Å². The Kier molecular flexibility index (Phi) is 5.02. The summed E-state index contributed by atoms with van der Waals surface area (Å²) in [6, 6.07) is 10.3. The van der Waals surface area contributed by atoms with E-state index >= 15 is 0 Å². The van der Waals surface area contributed by atoms with Crippen molar-refractivity contribution >= 4 is 23.3 Å². The maximum Gasteiger partial charge on any atom is 0.319 e. The van der Waals surface area contributed by atoms with Crippen LogP contribution in [0.25, 0.3) is 0 Å². The van der Waals surface area contributed by atoms with E-state index < -0.39 is 23.6 Å². The summed E-state index contributed by atoms with van der Waals surface area (Å²) >= 11 is 0. The van der Waals surface area contributed by atoms with Crippen molar-refractivity contribution in [2.75, 3.05) is 17.2 Å². The number of hydrogen-bond donors (Lipinski definition) is 3. The molecule has 0 radical (unpaired) electrons. The lowest BCUT2D eigenvalue weighted by molar-refractivity contribution is -0.115. The summed E-state index contributed by atoms with van der Waals surface area (Å²) in [5.74, 6) is -1.60. The van der Waals surface area contributed by atoms with Gasteiger partial charge in [-0.1, -0.05) is 18.2 Å². The molecule has 22 heavy (non-hydrogen) atoms. The highest BCUT2D eigenvalue weighted by Crippen LogP contribution is 2.12. The largest absolute Gasteiger partial charge is 0.329 e. The van der Waals surface area contributed by atoms with Crippen LogP contribution in [0.5, 0.6) is 0 Å². The van der Waals surface area contributed by atoms with Crippen LogP contribution in [0, 0.1) is 11.6 Å². The second kappa shape index (κ2) is 7.16. The van der Waals surface area contributed by atoms with Crippen LogP contribution in [-0.4, -0.2) is 18.5 Å². The monoisotopic (exact) mass is 305 g/mol. The molecule has 0 fully saturated rings. The van der Waals surface area contributed by atoms with E-state index in [0.717, 1.165) is 6.07 Å². The van der Waals surface area contributed by atoms with Crippen molar-refractivity contribution in [3.05, 3.63) is 60.2 Å². The quantitative estimate of drug-likeness (QED) is 0.813. The molecule has 0 saturated carbocycles. The number of amides is 3. The highest BCUT2D eigenvalue weighted by Gasteiger charge is 2.08. The van der Waals surface area contributed by atoms with Gasteiger partial charge in [0.1, 0.15) is 11.6 Å². The number of carbonyl (C=O) groups excluding carboxylic acids is 2. The summed E-state index contributed by atoms with van der Waals surface area (Å²) in [7, 11) is 0. The number of nitrogens with one attached hydrogen (secondary N) is 3. The van der Waals surface area contributed by atoms with Crippen molar-refractivity contribution in [3.63, 3.8) is 0 Å². The van der Waals surface area contributed by atoms with Gasteiger partial charge in [-0.15, -0.1) is 0 Å². The van der Waals surface area contributed by atoms with Crippen LogP contribution in [0.3, 0.4) is 0 Å². The molecule has 3 amide bonds. The van der Waals surface area contributed by atoms with Gasteiger partial charge < -0.3 is 16.0 Å². The zero-order chi connectivity index (χ0) is 15.9. The van der Waals surface area contributed by atoms with Gasteiger partial charge in [-0.2, -0.15) is 0 Å². The summed E-state index contributed by atoms with van der Waals surface area (Å²) in [5, 5.41) is 6.96. The Morgan fingerprint density at radius 1 is 0.955 bits per heavy atom. The lowest BCUT2D eigenvalue weighted by Gasteiger charge is -2.09. The predicted octanol–water partition coefficient (Wildman–Crippen LogP) is 2.73. The molecule has 0 saturated heterocycles. The molecule has 3 N–H and O–H groups in total. The normalized spacial score (nSPS) is 9.91. The summed E-state index contributed by atoms with van der Waals surface area (Å²) < 4.78 is 26.3. The highest BCUT2D eigenvalue weighted by atomic mass is 19.1. The minimum atomic E-state index is -0.723. The topological polar surface area (TPSA) is 70.2 Å². The maximum atomic E-state index is 13.3. The molecule has 0 aromatic heterocycles. The molecule has 2 aromatic rings. The van der Waals surface area contributed by atoms with Crippen molar-refractivity contribution in [3.8, 4) is 0 Å². The number of carbonyl (C=O) groups is 2. The van der Waals surface area contributed by atoms with Gasteiger partial charge in [-0.25, -0.2) is 13.6 Å². The van der Waals surface area contributed by atoms with Crippen LogP contribution in [0.1, 0.15) is 0 Å². The van der Waals surface area contributed by atoms with Crippen LogP contribution in [0.15, 0.2) is 48.5 Å². The fraction of sp³-hybridized carbons (Fsp3) is 0.0667. The molecule has 0 aliphatic rings. The van der Waals surface area contributed by atoms with E-state index in [2.05, 4.69) is 16.0 Å². The lowest BCUT2D eigenvalue weighted by atomic mass is 10.3. The van der Waals surface area contributed by atoms with E-state index in [-0.39, 0.29) is 17.9 Å². The molecule has 0 bridgehead atoms. The number of para-hydroxylation sites is 1. The molecule has 5 nitrogen and oxygen atoms in total. The van der Waals surface area contributed by atoms with Gasteiger partial charge in [0.05, 0.1) is 12.2 Å². The van der Waals surface area contributed by atoms with Crippen molar-refractivity contribution < 1.29 is 18.4 Å². The van der Waals surface area contributed by atoms with Crippen molar-refractivity contribution in [2.24, 2.45) is 0 Å². The molecule has 2 aromatic carbocycles. The highest BCUT2D eigenvalue weighted by molar-refractivity contribution is 5.96. The third-order valence-corrected chi connectivity index (χ3v) is 2.64. The Bertz CT molecular complexity index is 692. The fourth-order valence-electron chi connectivity index (χ4n) is 1.66. The maximum absolute atomic E-state index is 13.3. The van der Waals surface area contributed by atoms with Gasteiger partial charge in [0, 0.05) is 5.69 Å². The lowest BCUT2D eigenvalue weighted by Crippen LogP contribution is -2.36. The first-order valence-corrected chi connectivity index (χ1v) is 6.39. The molecule has 0 heterocycles. The van der Waals surface area contributed by atoms with Crippen LogP contribution < -0.4 is 16.0 Å². The van der Waals surface area contributed by atoms with Crippen molar-refractivity contribution in [1.29, 1.82) is 0 Å². The van der Waals surface area contributed by atoms with Crippen LogP contribution in [0.4, 0.5) is 25.0 Å². The second-order valence-corrected chi connectivity index (χ2v) is 4.35. The fourth-order valence-corrected chi connectivity index (χ4v) is 1.66. The van der Waals surface area contributed by atoms with Gasteiger partial charge in [0.2, 0.25) is 5.91 Å². The molecule has 0 spiro atoms. The SMILES string of the molecule is O=C(CNC(=O)Nc1ccccc1F)Nc1cccc(F)c1. The van der Waals surface area contributed by atoms with Crippen LogP contribution >= 0.6 is 0 Å². The van der Waals surface area contributed by atoms with E-state index in [4.69, 9.17) is 0 Å². The number of anilines is 2. The first-order chi connectivity index (χ1) is 10.5. The third kappa shape index (κ3) is 4.55. The summed E-state index contributed by atoms with van der Waals surface area (Å²) in [4.78, 5) is 23.1. The summed E-state index contributed by atoms with van der Waals surface area (Å²) in [5.41, 5.74) is 0.284. The average Bonchev–Trinajstić information content (AvgIpc) is 2.48. The first-order valence-electron chi connectivity index (χ1n) is 6.39. The second-order valence-electron chi connectivity index (χ2n) is 4.35. The summed E-state index contributed by atoms with van der Waals surface area (Å²) in [6.45, 7) is -0.337. The average molecular weight is 305 g/mol. The van der Waals surface area contributed by atoms with Crippen LogP contribution in [-0.2, 0) is 4.79 Å². The minimum absolute atomic E-state index is 0.00513. The molecular weight excluding hydrogens is 292 g/mol. The molecule has 0 unspecified atom stereocenters. The number of halogens is 2. The van der Waals surface area contributed by atoms with E-state index in [0.29, 0.717) is 0 Å². The van der Waals surface area contributed by atoms with Gasteiger partial charge >= 0.3 is 6.03 Å².